The second kappa shape index (κ2) is 3.87. The summed E-state index contributed by atoms with van der Waals surface area (Å²) in [5.74, 6) is 0. The molecule has 0 N–H and O–H groups in total. The van der Waals surface area contributed by atoms with E-state index in [1.165, 1.54) is 38.5 Å². The average molecular weight is 194 g/mol. The largest absolute Gasteiger partial charge is 0.0649 e. The van der Waals surface area contributed by atoms with Crippen LogP contribution in [0.15, 0.2) is 0 Å². The van der Waals surface area contributed by atoms with Crippen LogP contribution < -0.4 is 0 Å². The summed E-state index contributed by atoms with van der Waals surface area (Å²) in [6.45, 7) is 4.80. The molecule has 0 unspecified atom stereocenters. The quantitative estimate of drug-likeness (QED) is 0.585. The van der Waals surface area contributed by atoms with Crippen molar-refractivity contribution >= 4 is 0 Å². The Hall–Kier alpha value is 0. The second-order valence-corrected chi connectivity index (χ2v) is 5.91. The fourth-order valence-corrected chi connectivity index (χ4v) is 3.89. The van der Waals surface area contributed by atoms with Gasteiger partial charge < -0.3 is 0 Å². The summed E-state index contributed by atoms with van der Waals surface area (Å²) in [7, 11) is 0. The van der Waals surface area contributed by atoms with Crippen molar-refractivity contribution in [3.8, 4) is 0 Å². The maximum Gasteiger partial charge on any atom is -0.0297 e. The van der Waals surface area contributed by atoms with Gasteiger partial charge in [0.15, 0.2) is 0 Å². The molecule has 0 radical (unpaired) electrons. The van der Waals surface area contributed by atoms with Crippen molar-refractivity contribution in [2.75, 3.05) is 0 Å². The highest BCUT2D eigenvalue weighted by Crippen LogP contribution is 2.55. The molecule has 2 aliphatic rings. The van der Waals surface area contributed by atoms with Gasteiger partial charge in [-0.3, -0.25) is 0 Å². The summed E-state index contributed by atoms with van der Waals surface area (Å²) in [6, 6.07) is 0. The summed E-state index contributed by atoms with van der Waals surface area (Å²) >= 11 is 0. The minimum absolute atomic E-state index is 0.744. The summed E-state index contributed by atoms with van der Waals surface area (Å²) in [5.41, 5.74) is 1.57. The molecule has 2 rings (SSSR count). The van der Waals surface area contributed by atoms with Crippen LogP contribution in [0.4, 0.5) is 0 Å². The molecular weight excluding hydrogens is 168 g/mol. The first-order valence-corrected chi connectivity index (χ1v) is 6.74. The average Bonchev–Trinajstić information content (AvgIpc) is 2.69. The van der Waals surface area contributed by atoms with E-state index in [1.807, 2.05) is 0 Å². The van der Waals surface area contributed by atoms with E-state index >= 15 is 0 Å². The molecule has 0 heterocycles. The van der Waals surface area contributed by atoms with E-state index in [0.29, 0.717) is 0 Å². The predicted octanol–water partition coefficient (Wildman–Crippen LogP) is 4.93. The van der Waals surface area contributed by atoms with Crippen LogP contribution >= 0.6 is 0 Å². The van der Waals surface area contributed by atoms with Crippen LogP contribution in [0.5, 0.6) is 0 Å². The summed E-state index contributed by atoms with van der Waals surface area (Å²) in [4.78, 5) is 0. The van der Waals surface area contributed by atoms with Gasteiger partial charge in [-0.15, -0.1) is 0 Å². The molecule has 0 atom stereocenters. The molecule has 1 spiro atoms. The molecule has 0 bridgehead atoms. The topological polar surface area (TPSA) is 0 Å². The number of rotatable bonds is 2. The predicted molar refractivity (Wildman–Crippen MR) is 62.4 cm³/mol. The standard InChI is InChI=1S/C14H26/c1-3-13(4-2)9-11-14(12-10-13)7-5-6-8-14/h3-12H2,1-2H3. The van der Waals surface area contributed by atoms with Crippen LogP contribution in [0, 0.1) is 10.8 Å². The highest BCUT2D eigenvalue weighted by molar-refractivity contribution is 4.93. The van der Waals surface area contributed by atoms with Crippen molar-refractivity contribution in [3.05, 3.63) is 0 Å². The van der Waals surface area contributed by atoms with Crippen LogP contribution in [0.1, 0.15) is 78.1 Å². The first-order chi connectivity index (χ1) is 6.74. The summed E-state index contributed by atoms with van der Waals surface area (Å²) in [5, 5.41) is 0. The Morgan fingerprint density at radius 3 is 1.64 bits per heavy atom. The van der Waals surface area contributed by atoms with Gasteiger partial charge in [0.2, 0.25) is 0 Å². The highest BCUT2D eigenvalue weighted by atomic mass is 14.5. The van der Waals surface area contributed by atoms with Crippen molar-refractivity contribution in [1.29, 1.82) is 0 Å². The Balaban J connectivity index is 1.96. The molecule has 0 aromatic heterocycles. The third kappa shape index (κ3) is 1.73. The normalized spacial score (nSPS) is 29.6. The van der Waals surface area contributed by atoms with Gasteiger partial charge in [0.1, 0.15) is 0 Å². The minimum atomic E-state index is 0.744. The van der Waals surface area contributed by atoms with E-state index in [-0.39, 0.29) is 0 Å². The van der Waals surface area contributed by atoms with Gasteiger partial charge in [0, 0.05) is 0 Å². The number of hydrogen-bond donors (Lipinski definition) is 0. The third-order valence-corrected chi connectivity index (χ3v) is 5.54. The van der Waals surface area contributed by atoms with E-state index in [0.717, 1.165) is 10.8 Å². The van der Waals surface area contributed by atoms with Crippen molar-refractivity contribution in [1.82, 2.24) is 0 Å². The van der Waals surface area contributed by atoms with Gasteiger partial charge >= 0.3 is 0 Å². The zero-order chi connectivity index (χ0) is 10.1. The summed E-state index contributed by atoms with van der Waals surface area (Å²) < 4.78 is 0. The van der Waals surface area contributed by atoms with Crippen LogP contribution in [-0.2, 0) is 0 Å². The van der Waals surface area contributed by atoms with Crippen molar-refractivity contribution < 1.29 is 0 Å². The Labute approximate surface area is 89.5 Å². The van der Waals surface area contributed by atoms with Gasteiger partial charge in [0.25, 0.3) is 0 Å². The smallest absolute Gasteiger partial charge is 0.0297 e. The molecule has 14 heavy (non-hydrogen) atoms. The van der Waals surface area contributed by atoms with Crippen LogP contribution in [0.2, 0.25) is 0 Å². The van der Waals surface area contributed by atoms with Gasteiger partial charge in [-0.1, -0.05) is 39.5 Å². The molecule has 82 valence electrons. The second-order valence-electron chi connectivity index (χ2n) is 5.91. The maximum atomic E-state index is 2.40. The minimum Gasteiger partial charge on any atom is -0.0649 e. The molecule has 0 heteroatoms. The maximum absolute atomic E-state index is 2.40. The lowest BCUT2D eigenvalue weighted by molar-refractivity contribution is 0.0734. The first-order valence-electron chi connectivity index (χ1n) is 6.74. The first kappa shape index (κ1) is 10.5. The molecule has 0 aromatic carbocycles. The Morgan fingerprint density at radius 2 is 1.21 bits per heavy atom. The zero-order valence-corrected chi connectivity index (χ0v) is 10.1. The monoisotopic (exact) mass is 194 g/mol. The van der Waals surface area contributed by atoms with Gasteiger partial charge in [-0.25, -0.2) is 0 Å². The molecule has 2 aliphatic carbocycles. The molecule has 2 fully saturated rings. The fourth-order valence-electron chi connectivity index (χ4n) is 3.89. The Kier molecular flexibility index (Phi) is 2.91. The highest BCUT2D eigenvalue weighted by Gasteiger charge is 2.41. The Morgan fingerprint density at radius 1 is 0.714 bits per heavy atom. The molecule has 0 aromatic rings. The number of hydrogen-bond acceptors (Lipinski definition) is 0. The third-order valence-electron chi connectivity index (χ3n) is 5.54. The molecule has 0 saturated heterocycles. The SMILES string of the molecule is CCC1(CC)CCC2(CCCC2)CC1. The molecular formula is C14H26. The van der Waals surface area contributed by atoms with E-state index in [4.69, 9.17) is 0 Å². The van der Waals surface area contributed by atoms with Crippen LogP contribution in [0.25, 0.3) is 0 Å². The van der Waals surface area contributed by atoms with Gasteiger partial charge in [-0.2, -0.15) is 0 Å². The zero-order valence-electron chi connectivity index (χ0n) is 10.1. The van der Waals surface area contributed by atoms with Crippen LogP contribution in [0.3, 0.4) is 0 Å². The van der Waals surface area contributed by atoms with E-state index in [1.54, 1.807) is 25.7 Å². The van der Waals surface area contributed by atoms with E-state index < -0.39 is 0 Å². The van der Waals surface area contributed by atoms with Gasteiger partial charge in [-0.05, 0) is 49.4 Å². The molecule has 2 saturated carbocycles. The lowest BCUT2D eigenvalue weighted by Crippen LogP contribution is -2.32. The molecule has 0 aliphatic heterocycles. The lowest BCUT2D eigenvalue weighted by atomic mass is 9.61. The molecule has 0 amide bonds. The van der Waals surface area contributed by atoms with Crippen molar-refractivity contribution in [2.45, 2.75) is 78.1 Å². The van der Waals surface area contributed by atoms with Crippen LogP contribution in [-0.4, -0.2) is 0 Å². The van der Waals surface area contributed by atoms with Crippen molar-refractivity contribution in [2.24, 2.45) is 10.8 Å². The van der Waals surface area contributed by atoms with E-state index in [2.05, 4.69) is 13.8 Å². The lowest BCUT2D eigenvalue weighted by Gasteiger charge is -2.44. The van der Waals surface area contributed by atoms with E-state index in [9.17, 15) is 0 Å². The molecule has 0 nitrogen and oxygen atoms in total. The Bertz CT molecular complexity index is 164. The van der Waals surface area contributed by atoms with Gasteiger partial charge in [0.05, 0.1) is 0 Å². The fraction of sp³-hybridized carbons (Fsp3) is 1.00. The van der Waals surface area contributed by atoms with Crippen molar-refractivity contribution in [3.63, 3.8) is 0 Å². The summed E-state index contributed by atoms with van der Waals surface area (Å²) in [6.07, 6.45) is 15.1.